The number of carbonyl (C=O) groups excluding carboxylic acids is 1. The van der Waals surface area contributed by atoms with Gasteiger partial charge in [-0.15, -0.1) is 0 Å². The largest absolute Gasteiger partial charge is 0.351 e. The molecule has 0 radical (unpaired) electrons. The molecule has 1 N–H and O–H groups in total. The summed E-state index contributed by atoms with van der Waals surface area (Å²) in [7, 11) is 3.75. The van der Waals surface area contributed by atoms with Crippen LogP contribution in [0.4, 0.5) is 17.6 Å². The van der Waals surface area contributed by atoms with Gasteiger partial charge in [-0.05, 0) is 80.8 Å². The number of aromatic nitrogens is 2. The third-order valence-electron chi connectivity index (χ3n) is 6.12. The monoisotopic (exact) mass is 518 g/mol. The lowest BCUT2D eigenvalue weighted by molar-refractivity contribution is 0.0952. The van der Waals surface area contributed by atoms with E-state index in [2.05, 4.69) is 15.3 Å². The first kappa shape index (κ1) is 25.3. The molecular formula is C29H22F4N4O. The summed E-state index contributed by atoms with van der Waals surface area (Å²) in [4.78, 5) is 24.3. The third kappa shape index (κ3) is 5.05. The standard InChI is InChI=1S/C29H22F4N4O/c1-37(2)10-9-34-29(38)22-15-28(36-26-8-5-18(31)13-20(22)26)21-14-27(16-3-6-23(32)24(33)11-16)35-25-7-4-17(30)12-19(21)25/h3-8,11-15H,9-10H2,1-2H3,(H,34,38). The summed E-state index contributed by atoms with van der Waals surface area (Å²) in [5.74, 6) is -3.48. The Morgan fingerprint density at radius 2 is 1.42 bits per heavy atom. The molecule has 3 aromatic carbocycles. The van der Waals surface area contributed by atoms with Gasteiger partial charge in [0.15, 0.2) is 11.6 Å². The summed E-state index contributed by atoms with van der Waals surface area (Å²) in [6.45, 7) is 0.964. The van der Waals surface area contributed by atoms with Crippen LogP contribution in [0.1, 0.15) is 10.4 Å². The van der Waals surface area contributed by atoms with Crippen molar-refractivity contribution in [1.29, 1.82) is 0 Å². The zero-order valence-electron chi connectivity index (χ0n) is 20.5. The minimum atomic E-state index is -1.03. The summed E-state index contributed by atoms with van der Waals surface area (Å²) >= 11 is 0. The van der Waals surface area contributed by atoms with E-state index >= 15 is 0 Å². The van der Waals surface area contributed by atoms with Crippen molar-refractivity contribution in [3.8, 4) is 22.5 Å². The van der Waals surface area contributed by atoms with Crippen LogP contribution in [0.3, 0.4) is 0 Å². The highest BCUT2D eigenvalue weighted by Gasteiger charge is 2.18. The van der Waals surface area contributed by atoms with E-state index in [0.29, 0.717) is 57.4 Å². The van der Waals surface area contributed by atoms with Crippen molar-refractivity contribution in [3.63, 3.8) is 0 Å². The maximum absolute atomic E-state index is 14.3. The van der Waals surface area contributed by atoms with Gasteiger partial charge in [0.2, 0.25) is 0 Å². The van der Waals surface area contributed by atoms with Crippen LogP contribution in [0.2, 0.25) is 0 Å². The molecule has 0 spiro atoms. The lowest BCUT2D eigenvalue weighted by atomic mass is 9.98. The molecule has 192 valence electrons. The number of halogens is 4. The van der Waals surface area contributed by atoms with Gasteiger partial charge in [-0.3, -0.25) is 4.79 Å². The Morgan fingerprint density at radius 1 is 0.763 bits per heavy atom. The molecule has 2 aromatic heterocycles. The average Bonchev–Trinajstić information content (AvgIpc) is 2.88. The Bertz CT molecular complexity index is 1700. The van der Waals surface area contributed by atoms with Gasteiger partial charge >= 0.3 is 0 Å². The normalized spacial score (nSPS) is 11.4. The SMILES string of the molecule is CN(C)CCNC(=O)c1cc(-c2cc(-c3ccc(F)c(F)c3)nc3ccc(F)cc23)nc2ccc(F)cc12. The number of hydrogen-bond acceptors (Lipinski definition) is 4. The second-order valence-corrected chi connectivity index (χ2v) is 9.12. The Kier molecular flexibility index (Phi) is 6.77. The molecule has 0 atom stereocenters. The lowest BCUT2D eigenvalue weighted by Gasteiger charge is -2.14. The molecule has 38 heavy (non-hydrogen) atoms. The Hall–Kier alpha value is -4.37. The highest BCUT2D eigenvalue weighted by atomic mass is 19.2. The molecule has 9 heteroatoms. The van der Waals surface area contributed by atoms with E-state index in [1.165, 1.54) is 48.5 Å². The smallest absolute Gasteiger partial charge is 0.252 e. The van der Waals surface area contributed by atoms with E-state index < -0.39 is 29.2 Å². The van der Waals surface area contributed by atoms with Crippen LogP contribution in [0.15, 0.2) is 66.7 Å². The lowest BCUT2D eigenvalue weighted by Crippen LogP contribution is -2.31. The molecule has 0 aliphatic heterocycles. The predicted molar refractivity (Wildman–Crippen MR) is 139 cm³/mol. The van der Waals surface area contributed by atoms with Crippen molar-refractivity contribution in [2.75, 3.05) is 27.2 Å². The zero-order valence-corrected chi connectivity index (χ0v) is 20.5. The van der Waals surface area contributed by atoms with Crippen LogP contribution in [0.5, 0.6) is 0 Å². The van der Waals surface area contributed by atoms with Crippen molar-refractivity contribution in [2.24, 2.45) is 0 Å². The van der Waals surface area contributed by atoms with Crippen molar-refractivity contribution in [1.82, 2.24) is 20.2 Å². The van der Waals surface area contributed by atoms with Crippen LogP contribution in [-0.4, -0.2) is 48.0 Å². The molecule has 0 saturated heterocycles. The molecule has 0 bridgehead atoms. The average molecular weight is 519 g/mol. The van der Waals surface area contributed by atoms with Gasteiger partial charge in [0, 0.05) is 35.0 Å². The maximum Gasteiger partial charge on any atom is 0.252 e. The van der Waals surface area contributed by atoms with Gasteiger partial charge in [0.1, 0.15) is 11.6 Å². The molecule has 0 unspecified atom stereocenters. The molecule has 2 heterocycles. The number of likely N-dealkylation sites (N-methyl/N-ethyl adjacent to an activating group) is 1. The Labute approximate surface area is 215 Å². The zero-order chi connectivity index (χ0) is 27.0. The molecule has 1 amide bonds. The molecular weight excluding hydrogens is 496 g/mol. The van der Waals surface area contributed by atoms with E-state index in [-0.39, 0.29) is 5.56 Å². The molecule has 0 aliphatic rings. The van der Waals surface area contributed by atoms with Crippen LogP contribution in [-0.2, 0) is 0 Å². The predicted octanol–water partition coefficient (Wildman–Crippen LogP) is 5.96. The van der Waals surface area contributed by atoms with Crippen LogP contribution >= 0.6 is 0 Å². The second-order valence-electron chi connectivity index (χ2n) is 9.12. The molecule has 5 rings (SSSR count). The number of carbonyl (C=O) groups is 1. The van der Waals surface area contributed by atoms with E-state index in [9.17, 15) is 22.4 Å². The molecule has 0 saturated carbocycles. The van der Waals surface area contributed by atoms with Gasteiger partial charge in [0.25, 0.3) is 5.91 Å². The third-order valence-corrected chi connectivity index (χ3v) is 6.12. The van der Waals surface area contributed by atoms with E-state index in [0.717, 1.165) is 12.1 Å². The van der Waals surface area contributed by atoms with Crippen molar-refractivity contribution in [3.05, 3.63) is 95.6 Å². The number of nitrogens with zero attached hydrogens (tertiary/aromatic N) is 3. The van der Waals surface area contributed by atoms with Gasteiger partial charge in [0.05, 0.1) is 28.0 Å². The molecule has 5 aromatic rings. The number of amides is 1. The van der Waals surface area contributed by atoms with Gasteiger partial charge in [-0.25, -0.2) is 27.5 Å². The van der Waals surface area contributed by atoms with E-state index in [1.807, 2.05) is 19.0 Å². The maximum atomic E-state index is 14.3. The van der Waals surface area contributed by atoms with Gasteiger partial charge in [-0.1, -0.05) is 0 Å². The fourth-order valence-electron chi connectivity index (χ4n) is 4.23. The Balaban J connectivity index is 1.73. The summed E-state index contributed by atoms with van der Waals surface area (Å²) in [6, 6.07) is 14.5. The van der Waals surface area contributed by atoms with E-state index in [1.54, 1.807) is 6.07 Å². The highest BCUT2D eigenvalue weighted by Crippen LogP contribution is 2.34. The minimum absolute atomic E-state index is 0.194. The summed E-state index contributed by atoms with van der Waals surface area (Å²) < 4.78 is 56.0. The van der Waals surface area contributed by atoms with Crippen molar-refractivity contribution in [2.45, 2.75) is 0 Å². The minimum Gasteiger partial charge on any atom is -0.351 e. The van der Waals surface area contributed by atoms with Crippen molar-refractivity contribution < 1.29 is 22.4 Å². The number of rotatable bonds is 6. The van der Waals surface area contributed by atoms with E-state index in [4.69, 9.17) is 0 Å². The van der Waals surface area contributed by atoms with Crippen molar-refractivity contribution >= 4 is 27.7 Å². The van der Waals surface area contributed by atoms with Gasteiger partial charge in [-0.2, -0.15) is 0 Å². The van der Waals surface area contributed by atoms with Crippen LogP contribution < -0.4 is 5.32 Å². The first-order valence-corrected chi connectivity index (χ1v) is 11.8. The van der Waals surface area contributed by atoms with Crippen LogP contribution in [0, 0.1) is 23.3 Å². The topological polar surface area (TPSA) is 58.1 Å². The molecule has 0 fully saturated rings. The fraction of sp³-hybridized carbons (Fsp3) is 0.138. The molecule has 0 aliphatic carbocycles. The number of fused-ring (bicyclic) bond motifs is 2. The number of pyridine rings is 2. The second kappa shape index (κ2) is 10.2. The van der Waals surface area contributed by atoms with Crippen LogP contribution in [0.25, 0.3) is 44.3 Å². The quantitative estimate of drug-likeness (QED) is 0.282. The first-order chi connectivity index (χ1) is 18.2. The molecule has 5 nitrogen and oxygen atoms in total. The number of nitrogens with one attached hydrogen (secondary N) is 1. The summed E-state index contributed by atoms with van der Waals surface area (Å²) in [6.07, 6.45) is 0. The highest BCUT2D eigenvalue weighted by molar-refractivity contribution is 6.08. The fourth-order valence-corrected chi connectivity index (χ4v) is 4.23. The Morgan fingerprint density at radius 3 is 2.11 bits per heavy atom. The summed E-state index contributed by atoms with van der Waals surface area (Å²) in [5, 5.41) is 3.56. The van der Waals surface area contributed by atoms with Gasteiger partial charge < -0.3 is 10.2 Å². The number of hydrogen-bond donors (Lipinski definition) is 1. The summed E-state index contributed by atoms with van der Waals surface area (Å²) in [5.41, 5.74) is 2.28. The first-order valence-electron chi connectivity index (χ1n) is 11.8. The number of benzene rings is 3.